The van der Waals surface area contributed by atoms with Crippen molar-refractivity contribution in [3.8, 4) is 0 Å². The summed E-state index contributed by atoms with van der Waals surface area (Å²) in [5.74, 6) is -0.287. The fraction of sp³-hybridized carbons (Fsp3) is 0.444. The van der Waals surface area contributed by atoms with Crippen LogP contribution in [0, 0.1) is 0 Å². The highest BCUT2D eigenvalue weighted by atomic mass is 32.2. The van der Waals surface area contributed by atoms with Crippen molar-refractivity contribution in [2.24, 2.45) is 0 Å². The van der Waals surface area contributed by atoms with Crippen molar-refractivity contribution in [2.75, 3.05) is 25.2 Å². The summed E-state index contributed by atoms with van der Waals surface area (Å²) in [5.41, 5.74) is 0.840. The molecule has 0 bridgehead atoms. The minimum atomic E-state index is -3.01. The second-order valence-electron chi connectivity index (χ2n) is 6.70. The lowest BCUT2D eigenvalue weighted by atomic mass is 10.1. The summed E-state index contributed by atoms with van der Waals surface area (Å²) in [6.07, 6.45) is 0.564. The predicted molar refractivity (Wildman–Crippen MR) is 98.2 cm³/mol. The molecule has 1 aromatic heterocycles. The minimum absolute atomic E-state index is 0.0825. The maximum Gasteiger partial charge on any atom is 0.355 e. The van der Waals surface area contributed by atoms with Crippen LogP contribution in [0.3, 0.4) is 0 Å². The van der Waals surface area contributed by atoms with Gasteiger partial charge in [0.1, 0.15) is 24.0 Å². The van der Waals surface area contributed by atoms with Crippen LogP contribution in [0.25, 0.3) is 10.9 Å². The number of rotatable bonds is 5. The molecule has 2 aromatic rings. The normalized spacial score (nSPS) is 20.2. The second kappa shape index (κ2) is 7.20. The zero-order valence-electron chi connectivity index (χ0n) is 14.9. The monoisotopic (exact) mass is 379 g/mol. The summed E-state index contributed by atoms with van der Waals surface area (Å²) in [6, 6.07) is 6.92. The molecule has 1 fully saturated rings. The number of pyridine rings is 1. The lowest BCUT2D eigenvalue weighted by Crippen LogP contribution is -3.12. The summed E-state index contributed by atoms with van der Waals surface area (Å²) in [7, 11) is -1.15. The molecule has 1 saturated heterocycles. The minimum Gasteiger partial charge on any atom is -0.461 e. The SMILES string of the molecule is CCOC(=O)c1[nH]c2ccccc2c(=O)c1C[NH+](C)[C@H]1CCS(=O)(=O)C1. The van der Waals surface area contributed by atoms with Gasteiger partial charge in [-0.15, -0.1) is 0 Å². The topological polar surface area (TPSA) is 97.7 Å². The number of carbonyl (C=O) groups excluding carboxylic acids is 1. The number of hydrogen-bond donors (Lipinski definition) is 2. The van der Waals surface area contributed by atoms with E-state index in [0.29, 0.717) is 22.9 Å². The van der Waals surface area contributed by atoms with Crippen LogP contribution in [0.4, 0.5) is 0 Å². The molecule has 0 aliphatic carbocycles. The van der Waals surface area contributed by atoms with Crippen molar-refractivity contribution in [3.63, 3.8) is 0 Å². The molecule has 0 saturated carbocycles. The van der Waals surface area contributed by atoms with Crippen molar-refractivity contribution >= 4 is 26.7 Å². The molecule has 2 atom stereocenters. The number of hydrogen-bond acceptors (Lipinski definition) is 5. The first kappa shape index (κ1) is 18.6. The first-order chi connectivity index (χ1) is 12.3. The number of fused-ring (bicyclic) bond motifs is 1. The van der Waals surface area contributed by atoms with Crippen molar-refractivity contribution in [1.82, 2.24) is 4.98 Å². The van der Waals surface area contributed by atoms with Crippen LogP contribution in [0.2, 0.25) is 0 Å². The number of ether oxygens (including phenoxy) is 1. The molecule has 7 nitrogen and oxygen atoms in total. The van der Waals surface area contributed by atoms with Gasteiger partial charge < -0.3 is 14.6 Å². The van der Waals surface area contributed by atoms with Gasteiger partial charge in [0.2, 0.25) is 0 Å². The second-order valence-corrected chi connectivity index (χ2v) is 8.93. The fourth-order valence-electron chi connectivity index (χ4n) is 3.43. The highest BCUT2D eigenvalue weighted by Crippen LogP contribution is 2.13. The fourth-order valence-corrected chi connectivity index (χ4v) is 5.30. The van der Waals surface area contributed by atoms with Crippen molar-refractivity contribution < 1.29 is 22.8 Å². The third kappa shape index (κ3) is 3.66. The van der Waals surface area contributed by atoms with Crippen molar-refractivity contribution in [1.29, 1.82) is 0 Å². The van der Waals surface area contributed by atoms with Gasteiger partial charge in [0.05, 0.1) is 25.0 Å². The Kier molecular flexibility index (Phi) is 5.15. The van der Waals surface area contributed by atoms with E-state index >= 15 is 0 Å². The van der Waals surface area contributed by atoms with Crippen LogP contribution in [0.15, 0.2) is 29.1 Å². The lowest BCUT2D eigenvalue weighted by molar-refractivity contribution is -0.916. The Morgan fingerprint density at radius 2 is 2.08 bits per heavy atom. The van der Waals surface area contributed by atoms with E-state index in [0.717, 1.165) is 4.90 Å². The zero-order chi connectivity index (χ0) is 18.9. The summed E-state index contributed by atoms with van der Waals surface area (Å²) < 4.78 is 28.6. The van der Waals surface area contributed by atoms with Gasteiger partial charge in [0.25, 0.3) is 0 Å². The molecule has 1 aromatic carbocycles. The molecule has 0 radical (unpaired) electrons. The molecule has 0 amide bonds. The Bertz CT molecular complexity index is 996. The maximum atomic E-state index is 13.0. The quantitative estimate of drug-likeness (QED) is 0.708. The van der Waals surface area contributed by atoms with E-state index in [4.69, 9.17) is 4.74 Å². The largest absolute Gasteiger partial charge is 0.461 e. The van der Waals surface area contributed by atoms with E-state index in [1.807, 2.05) is 7.05 Å². The van der Waals surface area contributed by atoms with Gasteiger partial charge in [-0.1, -0.05) is 12.1 Å². The van der Waals surface area contributed by atoms with Crippen LogP contribution in [-0.2, 0) is 21.1 Å². The Hall–Kier alpha value is -2.19. The smallest absolute Gasteiger partial charge is 0.355 e. The van der Waals surface area contributed by atoms with Gasteiger partial charge in [-0.3, -0.25) is 4.79 Å². The highest BCUT2D eigenvalue weighted by molar-refractivity contribution is 7.91. The first-order valence-corrected chi connectivity index (χ1v) is 10.5. The molecule has 2 heterocycles. The summed E-state index contributed by atoms with van der Waals surface area (Å²) in [6.45, 7) is 2.17. The van der Waals surface area contributed by atoms with Gasteiger partial charge in [0.15, 0.2) is 15.3 Å². The van der Waals surface area contributed by atoms with E-state index in [1.54, 1.807) is 31.2 Å². The average molecular weight is 379 g/mol. The van der Waals surface area contributed by atoms with Gasteiger partial charge >= 0.3 is 5.97 Å². The molecule has 2 N–H and O–H groups in total. The Balaban J connectivity index is 2.02. The number of sulfone groups is 1. The van der Waals surface area contributed by atoms with Gasteiger partial charge in [-0.25, -0.2) is 13.2 Å². The summed E-state index contributed by atoms with van der Waals surface area (Å²) in [4.78, 5) is 29.3. The van der Waals surface area contributed by atoms with E-state index < -0.39 is 15.8 Å². The number of benzene rings is 1. The molecular formula is C18H23N2O5S+. The van der Waals surface area contributed by atoms with E-state index in [1.165, 1.54) is 0 Å². The molecule has 8 heteroatoms. The number of nitrogens with one attached hydrogen (secondary N) is 2. The van der Waals surface area contributed by atoms with Gasteiger partial charge in [-0.05, 0) is 19.1 Å². The predicted octanol–water partition coefficient (Wildman–Crippen LogP) is -0.0934. The first-order valence-electron chi connectivity index (χ1n) is 8.66. The van der Waals surface area contributed by atoms with Crippen LogP contribution >= 0.6 is 0 Å². The molecule has 1 aliphatic rings. The summed E-state index contributed by atoms with van der Waals surface area (Å²) >= 11 is 0. The molecule has 140 valence electrons. The van der Waals surface area contributed by atoms with Crippen LogP contribution < -0.4 is 10.3 Å². The van der Waals surface area contributed by atoms with Gasteiger partial charge in [-0.2, -0.15) is 0 Å². The van der Waals surface area contributed by atoms with Gasteiger partial charge in [0, 0.05) is 17.3 Å². The molecule has 1 unspecified atom stereocenters. The molecule has 1 aliphatic heterocycles. The Labute approximate surface area is 151 Å². The lowest BCUT2D eigenvalue weighted by Gasteiger charge is -2.21. The van der Waals surface area contributed by atoms with E-state index in [-0.39, 0.29) is 41.8 Å². The number of carbonyl (C=O) groups is 1. The third-order valence-corrected chi connectivity index (χ3v) is 6.64. The number of aromatic amines is 1. The number of esters is 1. The molecule has 3 rings (SSSR count). The molecular weight excluding hydrogens is 356 g/mol. The summed E-state index contributed by atoms with van der Waals surface area (Å²) in [5, 5.41) is 0.502. The number of para-hydroxylation sites is 1. The number of aromatic nitrogens is 1. The average Bonchev–Trinajstić information content (AvgIpc) is 2.97. The van der Waals surface area contributed by atoms with Crippen LogP contribution in [0.5, 0.6) is 0 Å². The van der Waals surface area contributed by atoms with Crippen LogP contribution in [0.1, 0.15) is 29.4 Å². The standard InChI is InChI=1S/C18H22N2O5S/c1-3-25-18(22)16-14(10-20(2)12-8-9-26(23,24)11-12)17(21)13-6-4-5-7-15(13)19-16/h4-7,12H,3,8-11H2,1-2H3,(H,19,21)/p+1/t12-/m0/s1. The molecule has 0 spiro atoms. The van der Waals surface area contributed by atoms with Crippen LogP contribution in [-0.4, -0.2) is 50.6 Å². The highest BCUT2D eigenvalue weighted by Gasteiger charge is 2.34. The Morgan fingerprint density at radius 1 is 1.35 bits per heavy atom. The van der Waals surface area contributed by atoms with Crippen molar-refractivity contribution in [3.05, 3.63) is 45.7 Å². The van der Waals surface area contributed by atoms with E-state index in [2.05, 4.69) is 4.98 Å². The molecule has 26 heavy (non-hydrogen) atoms. The third-order valence-electron chi connectivity index (χ3n) is 4.87. The number of H-pyrrole nitrogens is 1. The Morgan fingerprint density at radius 3 is 2.73 bits per heavy atom. The maximum absolute atomic E-state index is 13.0. The van der Waals surface area contributed by atoms with Crippen molar-refractivity contribution in [2.45, 2.75) is 25.9 Å². The van der Waals surface area contributed by atoms with E-state index in [9.17, 15) is 18.0 Å². The number of quaternary nitrogens is 1. The zero-order valence-corrected chi connectivity index (χ0v) is 15.7.